The lowest BCUT2D eigenvalue weighted by Gasteiger charge is -2.03. The zero-order valence-electron chi connectivity index (χ0n) is 7.89. The zero-order chi connectivity index (χ0) is 10.6. The fraction of sp³-hybridized carbons (Fsp3) is 0.167. The van der Waals surface area contributed by atoms with Crippen LogP contribution in [0.25, 0.3) is 0 Å². The minimum atomic E-state index is 0.878. The third-order valence-corrected chi connectivity index (χ3v) is 2.34. The molecule has 0 aromatic heterocycles. The van der Waals surface area contributed by atoms with Crippen LogP contribution < -0.4 is 0 Å². The molecular weight excluding hydrogens is 304 g/mol. The Hall–Kier alpha value is -0.340. The van der Waals surface area contributed by atoms with Crippen molar-refractivity contribution < 1.29 is 0 Å². The molecule has 1 rings (SSSR count). The lowest BCUT2D eigenvalue weighted by molar-refractivity contribution is 1.19. The first-order valence-corrected chi connectivity index (χ1v) is 5.91. The molecule has 0 fully saturated rings. The van der Waals surface area contributed by atoms with Gasteiger partial charge in [0.1, 0.15) is 0 Å². The van der Waals surface area contributed by atoms with E-state index in [-0.39, 0.29) is 0 Å². The lowest BCUT2D eigenvalue weighted by atomic mass is 10.1. The topological polar surface area (TPSA) is 0 Å². The molecule has 14 heavy (non-hydrogen) atoms. The van der Waals surface area contributed by atoms with E-state index in [0.717, 1.165) is 21.8 Å². The minimum absolute atomic E-state index is 0.878. The van der Waals surface area contributed by atoms with Gasteiger partial charge in [0.15, 0.2) is 0 Å². The number of halogens is 2. The van der Waals surface area contributed by atoms with Gasteiger partial charge in [-0.3, -0.25) is 0 Å². The monoisotopic (exact) mass is 314 g/mol. The Morgan fingerprint density at radius 1 is 1.00 bits per heavy atom. The van der Waals surface area contributed by atoms with E-state index in [1.54, 1.807) is 0 Å². The fourth-order valence-electron chi connectivity index (χ4n) is 1.29. The molecular formula is C12H12Br2. The van der Waals surface area contributed by atoms with Crippen LogP contribution in [-0.4, -0.2) is 0 Å². The van der Waals surface area contributed by atoms with Gasteiger partial charge in [0.25, 0.3) is 0 Å². The summed E-state index contributed by atoms with van der Waals surface area (Å²) in [5.74, 6) is 0. The molecule has 0 N–H and O–H groups in total. The number of hydrogen-bond acceptors (Lipinski definition) is 0. The van der Waals surface area contributed by atoms with Crippen LogP contribution in [0.4, 0.5) is 0 Å². The molecule has 0 aliphatic rings. The molecule has 0 amide bonds. The van der Waals surface area contributed by atoms with E-state index in [9.17, 15) is 0 Å². The maximum atomic E-state index is 3.83. The summed E-state index contributed by atoms with van der Waals surface area (Å²) in [6.07, 6.45) is 1.76. The first-order chi connectivity index (χ1) is 6.58. The second-order valence-corrected chi connectivity index (χ2v) is 5.45. The van der Waals surface area contributed by atoms with Crippen LogP contribution in [0.1, 0.15) is 11.1 Å². The highest BCUT2D eigenvalue weighted by molar-refractivity contribution is 9.12. The summed E-state index contributed by atoms with van der Waals surface area (Å²) in [5, 5.41) is 0. The summed E-state index contributed by atoms with van der Waals surface area (Å²) < 4.78 is 2.01. The molecule has 0 spiro atoms. The molecule has 74 valence electrons. The van der Waals surface area contributed by atoms with Crippen LogP contribution in [0, 0.1) is 0 Å². The summed E-state index contributed by atoms with van der Waals surface area (Å²) in [6.45, 7) is 7.66. The molecule has 2 heteroatoms. The van der Waals surface area contributed by atoms with E-state index >= 15 is 0 Å². The predicted molar refractivity (Wildman–Crippen MR) is 70.0 cm³/mol. The van der Waals surface area contributed by atoms with Gasteiger partial charge in [0.2, 0.25) is 0 Å². The van der Waals surface area contributed by atoms with Gasteiger partial charge >= 0.3 is 0 Å². The van der Waals surface area contributed by atoms with Crippen LogP contribution >= 0.6 is 31.9 Å². The average molecular weight is 316 g/mol. The van der Waals surface area contributed by atoms with Gasteiger partial charge in [-0.15, -0.1) is 0 Å². The van der Waals surface area contributed by atoms with E-state index in [1.807, 2.05) is 0 Å². The average Bonchev–Trinajstić information content (AvgIpc) is 2.01. The molecule has 0 saturated carbocycles. The second-order valence-electron chi connectivity index (χ2n) is 3.21. The van der Waals surface area contributed by atoms with Gasteiger partial charge in [-0.25, -0.2) is 0 Å². The van der Waals surface area contributed by atoms with E-state index in [4.69, 9.17) is 0 Å². The molecule has 0 bridgehead atoms. The van der Waals surface area contributed by atoms with Crippen molar-refractivity contribution in [2.45, 2.75) is 12.8 Å². The van der Waals surface area contributed by atoms with Gasteiger partial charge in [0, 0.05) is 12.8 Å². The Morgan fingerprint density at radius 2 is 1.43 bits per heavy atom. The summed E-state index contributed by atoms with van der Waals surface area (Å²) in [7, 11) is 0. The maximum absolute atomic E-state index is 3.83. The van der Waals surface area contributed by atoms with Crippen molar-refractivity contribution in [1.82, 2.24) is 0 Å². The summed E-state index contributed by atoms with van der Waals surface area (Å²) >= 11 is 6.73. The smallest absolute Gasteiger partial charge is 0.00348 e. The molecule has 1 aromatic rings. The number of hydrogen-bond donors (Lipinski definition) is 0. The highest BCUT2D eigenvalue weighted by atomic mass is 79.9. The third-order valence-electron chi connectivity index (χ3n) is 1.78. The molecule has 0 aliphatic carbocycles. The summed E-state index contributed by atoms with van der Waals surface area (Å²) in [5.41, 5.74) is 2.55. The minimum Gasteiger partial charge on any atom is -0.0885 e. The molecule has 0 unspecified atom stereocenters. The zero-order valence-corrected chi connectivity index (χ0v) is 11.1. The van der Waals surface area contributed by atoms with Crippen molar-refractivity contribution in [2.24, 2.45) is 0 Å². The second kappa shape index (κ2) is 5.52. The molecule has 1 aromatic carbocycles. The van der Waals surface area contributed by atoms with Crippen LogP contribution in [0.15, 0.2) is 46.4 Å². The molecule has 0 heterocycles. The quantitative estimate of drug-likeness (QED) is 0.762. The molecule has 0 radical (unpaired) electrons. The Labute approximate surface area is 102 Å². The predicted octanol–water partition coefficient (Wildman–Crippen LogP) is 4.59. The van der Waals surface area contributed by atoms with Gasteiger partial charge in [0.05, 0.1) is 0 Å². The number of benzene rings is 1. The standard InChI is InChI=1S/C12H12Br2/c1-9(13)6-11-4-3-5-12(8-11)7-10(2)14/h3-5,8H,1-2,6-7H2. The number of allylic oxidation sites excluding steroid dienone is 2. The summed E-state index contributed by atoms with van der Waals surface area (Å²) in [6, 6.07) is 8.45. The largest absolute Gasteiger partial charge is 0.0885 e. The van der Waals surface area contributed by atoms with E-state index in [2.05, 4.69) is 69.3 Å². The molecule has 0 atom stereocenters. The van der Waals surface area contributed by atoms with Gasteiger partial charge < -0.3 is 0 Å². The number of rotatable bonds is 4. The highest BCUT2D eigenvalue weighted by Gasteiger charge is 1.98. The lowest BCUT2D eigenvalue weighted by Crippen LogP contribution is -1.88. The van der Waals surface area contributed by atoms with Crippen molar-refractivity contribution >= 4 is 31.9 Å². The first kappa shape index (κ1) is 11.7. The van der Waals surface area contributed by atoms with Crippen molar-refractivity contribution in [3.05, 3.63) is 57.5 Å². The van der Waals surface area contributed by atoms with Crippen LogP contribution in [0.3, 0.4) is 0 Å². The van der Waals surface area contributed by atoms with E-state index in [1.165, 1.54) is 11.1 Å². The Bertz CT molecular complexity index is 322. The first-order valence-electron chi connectivity index (χ1n) is 4.32. The van der Waals surface area contributed by atoms with Crippen molar-refractivity contribution in [2.75, 3.05) is 0 Å². The van der Waals surface area contributed by atoms with Crippen LogP contribution in [0.2, 0.25) is 0 Å². The van der Waals surface area contributed by atoms with Crippen LogP contribution in [-0.2, 0) is 12.8 Å². The maximum Gasteiger partial charge on any atom is 0.00348 e. The van der Waals surface area contributed by atoms with E-state index < -0.39 is 0 Å². The molecule has 0 aliphatic heterocycles. The molecule has 0 nitrogen and oxygen atoms in total. The van der Waals surface area contributed by atoms with Gasteiger partial charge in [-0.1, -0.05) is 69.3 Å². The fourth-order valence-corrected chi connectivity index (χ4v) is 1.94. The van der Waals surface area contributed by atoms with Crippen LogP contribution in [0.5, 0.6) is 0 Å². The Balaban J connectivity index is 2.78. The summed E-state index contributed by atoms with van der Waals surface area (Å²) in [4.78, 5) is 0. The van der Waals surface area contributed by atoms with E-state index in [0.29, 0.717) is 0 Å². The van der Waals surface area contributed by atoms with Gasteiger partial charge in [-0.2, -0.15) is 0 Å². The molecule has 0 saturated heterocycles. The van der Waals surface area contributed by atoms with Crippen molar-refractivity contribution in [1.29, 1.82) is 0 Å². The Kier molecular flexibility index (Phi) is 4.63. The van der Waals surface area contributed by atoms with Crippen molar-refractivity contribution in [3.8, 4) is 0 Å². The normalized spacial score (nSPS) is 9.86. The Morgan fingerprint density at radius 3 is 1.79 bits per heavy atom. The van der Waals surface area contributed by atoms with Crippen molar-refractivity contribution in [3.63, 3.8) is 0 Å². The highest BCUT2D eigenvalue weighted by Crippen LogP contribution is 2.16. The van der Waals surface area contributed by atoms with Gasteiger partial charge in [-0.05, 0) is 20.1 Å². The third kappa shape index (κ3) is 4.25. The SMILES string of the molecule is C=C(Br)Cc1cccc(CC(=C)Br)c1.